The number of carbonyl (C=O) groups is 4. The van der Waals surface area contributed by atoms with Crippen molar-refractivity contribution in [3.8, 4) is 5.75 Å². The second kappa shape index (κ2) is 7.06. The van der Waals surface area contributed by atoms with Gasteiger partial charge >= 0.3 is 6.03 Å². The van der Waals surface area contributed by atoms with E-state index >= 15 is 0 Å². The summed E-state index contributed by atoms with van der Waals surface area (Å²) in [6, 6.07) is 3.44. The normalized spacial score (nSPS) is 21.9. The molecule has 0 aromatic heterocycles. The van der Waals surface area contributed by atoms with Gasteiger partial charge in [-0.25, -0.2) is 9.69 Å². The van der Waals surface area contributed by atoms with E-state index < -0.39 is 29.6 Å². The fourth-order valence-electron chi connectivity index (χ4n) is 4.22. The Bertz CT molecular complexity index is 893. The molecular formula is C20H24N4O5. The van der Waals surface area contributed by atoms with Gasteiger partial charge in [0.25, 0.3) is 11.8 Å². The zero-order chi connectivity index (χ0) is 20.8. The average Bonchev–Trinajstić information content (AvgIpc) is 3.25. The van der Waals surface area contributed by atoms with Crippen LogP contribution in [-0.4, -0.2) is 46.8 Å². The smallest absolute Gasteiger partial charge is 0.325 e. The number of nitrogens with zero attached hydrogens (tertiary/aromatic N) is 1. The number of amides is 5. The summed E-state index contributed by atoms with van der Waals surface area (Å²) in [7, 11) is 0. The summed E-state index contributed by atoms with van der Waals surface area (Å²) < 4.78 is 5.34. The van der Waals surface area contributed by atoms with E-state index in [0.29, 0.717) is 24.3 Å². The average molecular weight is 400 g/mol. The van der Waals surface area contributed by atoms with E-state index in [1.54, 1.807) is 32.0 Å². The van der Waals surface area contributed by atoms with Crippen LogP contribution in [0.3, 0.4) is 0 Å². The Labute approximate surface area is 168 Å². The van der Waals surface area contributed by atoms with Gasteiger partial charge in [0.1, 0.15) is 17.3 Å². The van der Waals surface area contributed by atoms with Gasteiger partial charge in [0.15, 0.2) is 6.61 Å². The van der Waals surface area contributed by atoms with Gasteiger partial charge in [-0.1, -0.05) is 18.9 Å². The minimum Gasteiger partial charge on any atom is -0.482 e. The Morgan fingerprint density at radius 2 is 1.93 bits per heavy atom. The second-order valence-electron chi connectivity index (χ2n) is 7.89. The number of ether oxygens (including phenoxy) is 1. The first kappa shape index (κ1) is 19.2. The minimum atomic E-state index is -0.925. The van der Waals surface area contributed by atoms with E-state index in [1.807, 2.05) is 0 Å². The number of fused-ring (bicyclic) bond motifs is 1. The Morgan fingerprint density at radius 1 is 1.21 bits per heavy atom. The van der Waals surface area contributed by atoms with Gasteiger partial charge in [-0.2, -0.15) is 0 Å². The molecule has 1 spiro atoms. The van der Waals surface area contributed by atoms with Gasteiger partial charge in [0, 0.05) is 0 Å². The lowest BCUT2D eigenvalue weighted by Gasteiger charge is -2.25. The standard InChI is InChI=1S/C20H24N4O5/c1-11(13-5-6-15-14(9-13)22-16(25)10-29-15)21-17(26)12(2)24-18(27)20(23-19(24)28)7-3-4-8-20/h5-6,9,11-12H,3-4,7-8,10H2,1-2H3,(H,21,26)(H,22,25)(H,23,28). The van der Waals surface area contributed by atoms with Crippen molar-refractivity contribution in [2.45, 2.75) is 57.2 Å². The molecule has 9 nitrogen and oxygen atoms in total. The highest BCUT2D eigenvalue weighted by Crippen LogP contribution is 2.36. The monoisotopic (exact) mass is 400 g/mol. The number of carbonyl (C=O) groups excluding carboxylic acids is 4. The molecule has 2 heterocycles. The summed E-state index contributed by atoms with van der Waals surface area (Å²) in [5.41, 5.74) is 0.471. The Kier molecular flexibility index (Phi) is 4.68. The number of imide groups is 1. The third kappa shape index (κ3) is 3.30. The molecule has 3 N–H and O–H groups in total. The van der Waals surface area contributed by atoms with E-state index in [4.69, 9.17) is 4.74 Å². The summed E-state index contributed by atoms with van der Waals surface area (Å²) in [4.78, 5) is 50.6. The first-order valence-corrected chi connectivity index (χ1v) is 9.83. The van der Waals surface area contributed by atoms with Crippen LogP contribution in [0.5, 0.6) is 5.75 Å². The first-order valence-electron chi connectivity index (χ1n) is 9.83. The number of urea groups is 1. The van der Waals surface area contributed by atoms with Gasteiger partial charge in [-0.3, -0.25) is 14.4 Å². The van der Waals surface area contributed by atoms with E-state index in [-0.39, 0.29) is 18.4 Å². The van der Waals surface area contributed by atoms with Crippen LogP contribution in [-0.2, 0) is 14.4 Å². The van der Waals surface area contributed by atoms with Gasteiger partial charge in [0.2, 0.25) is 5.91 Å². The van der Waals surface area contributed by atoms with Crippen LogP contribution >= 0.6 is 0 Å². The van der Waals surface area contributed by atoms with Crippen molar-refractivity contribution in [1.29, 1.82) is 0 Å². The van der Waals surface area contributed by atoms with E-state index in [9.17, 15) is 19.2 Å². The van der Waals surface area contributed by atoms with Crippen molar-refractivity contribution in [3.63, 3.8) is 0 Å². The third-order valence-electron chi connectivity index (χ3n) is 5.91. The topological polar surface area (TPSA) is 117 Å². The molecule has 1 aliphatic carbocycles. The van der Waals surface area contributed by atoms with Crippen LogP contribution in [0.25, 0.3) is 0 Å². The number of rotatable bonds is 4. The zero-order valence-electron chi connectivity index (χ0n) is 16.4. The lowest BCUT2D eigenvalue weighted by atomic mass is 9.97. The molecule has 5 amide bonds. The molecule has 154 valence electrons. The van der Waals surface area contributed by atoms with E-state index in [2.05, 4.69) is 16.0 Å². The molecule has 0 bridgehead atoms. The molecule has 4 rings (SSSR count). The van der Waals surface area contributed by atoms with Crippen molar-refractivity contribution < 1.29 is 23.9 Å². The highest BCUT2D eigenvalue weighted by Gasteiger charge is 2.54. The molecule has 2 unspecified atom stereocenters. The maximum absolute atomic E-state index is 12.8. The predicted molar refractivity (Wildman–Crippen MR) is 103 cm³/mol. The van der Waals surface area contributed by atoms with Crippen molar-refractivity contribution in [2.24, 2.45) is 0 Å². The number of hydrogen-bond donors (Lipinski definition) is 3. The molecule has 1 aromatic carbocycles. The number of anilines is 1. The third-order valence-corrected chi connectivity index (χ3v) is 5.91. The van der Waals surface area contributed by atoms with Crippen LogP contribution in [0, 0.1) is 0 Å². The highest BCUT2D eigenvalue weighted by atomic mass is 16.5. The van der Waals surface area contributed by atoms with Gasteiger partial charge in [-0.05, 0) is 44.4 Å². The molecule has 1 saturated carbocycles. The maximum Gasteiger partial charge on any atom is 0.325 e. The summed E-state index contributed by atoms with van der Waals surface area (Å²) in [5.74, 6) is -0.404. The second-order valence-corrected chi connectivity index (χ2v) is 7.89. The van der Waals surface area contributed by atoms with Crippen LogP contribution in [0.2, 0.25) is 0 Å². The van der Waals surface area contributed by atoms with E-state index in [0.717, 1.165) is 23.3 Å². The largest absolute Gasteiger partial charge is 0.482 e. The summed E-state index contributed by atoms with van der Waals surface area (Å²) >= 11 is 0. The SMILES string of the molecule is CC(NC(=O)C(C)N1C(=O)NC2(CCCC2)C1=O)c1ccc2c(c1)NC(=O)CO2. The molecule has 9 heteroatoms. The van der Waals surface area contributed by atoms with Crippen molar-refractivity contribution in [2.75, 3.05) is 11.9 Å². The van der Waals surface area contributed by atoms with Gasteiger partial charge in [0.05, 0.1) is 11.7 Å². The Balaban J connectivity index is 1.45. The first-order chi connectivity index (χ1) is 13.8. The number of nitrogens with one attached hydrogen (secondary N) is 3. The molecule has 0 radical (unpaired) electrons. The summed E-state index contributed by atoms with van der Waals surface area (Å²) in [6.45, 7) is 3.32. The fraction of sp³-hybridized carbons (Fsp3) is 0.500. The molecule has 3 aliphatic rings. The summed E-state index contributed by atoms with van der Waals surface area (Å²) in [5, 5.41) is 8.37. The molecule has 29 heavy (non-hydrogen) atoms. The van der Waals surface area contributed by atoms with Crippen LogP contribution in [0.15, 0.2) is 18.2 Å². The lowest BCUT2D eigenvalue weighted by Crippen LogP contribution is -2.50. The lowest BCUT2D eigenvalue weighted by molar-refractivity contribution is -0.138. The van der Waals surface area contributed by atoms with Crippen LogP contribution in [0.1, 0.15) is 51.1 Å². The molecule has 1 aromatic rings. The fourth-order valence-corrected chi connectivity index (χ4v) is 4.22. The van der Waals surface area contributed by atoms with Crippen molar-refractivity contribution in [3.05, 3.63) is 23.8 Å². The minimum absolute atomic E-state index is 0.0242. The predicted octanol–water partition coefficient (Wildman–Crippen LogP) is 1.45. The number of benzene rings is 1. The van der Waals surface area contributed by atoms with Gasteiger partial charge in [-0.15, -0.1) is 0 Å². The quantitative estimate of drug-likeness (QED) is 0.662. The Hall–Kier alpha value is -3.10. The molecular weight excluding hydrogens is 376 g/mol. The van der Waals surface area contributed by atoms with Crippen LogP contribution < -0.4 is 20.7 Å². The molecule has 1 saturated heterocycles. The van der Waals surface area contributed by atoms with Crippen molar-refractivity contribution in [1.82, 2.24) is 15.5 Å². The zero-order valence-corrected chi connectivity index (χ0v) is 16.4. The molecule has 2 aliphatic heterocycles. The van der Waals surface area contributed by atoms with Gasteiger partial charge < -0.3 is 20.7 Å². The highest BCUT2D eigenvalue weighted by molar-refractivity contribution is 6.10. The maximum atomic E-state index is 12.8. The molecule has 2 fully saturated rings. The Morgan fingerprint density at radius 3 is 2.66 bits per heavy atom. The van der Waals surface area contributed by atoms with E-state index in [1.165, 1.54) is 0 Å². The summed E-state index contributed by atoms with van der Waals surface area (Å²) in [6.07, 6.45) is 3.00. The van der Waals surface area contributed by atoms with Crippen molar-refractivity contribution >= 4 is 29.4 Å². The number of hydrogen-bond acceptors (Lipinski definition) is 5. The molecule has 2 atom stereocenters. The van der Waals surface area contributed by atoms with Crippen LogP contribution in [0.4, 0.5) is 10.5 Å².